The number of nitrogens with one attached hydrogen (secondary N) is 1. The van der Waals surface area contributed by atoms with E-state index in [1.54, 1.807) is 24.5 Å². The van der Waals surface area contributed by atoms with Gasteiger partial charge in [0.2, 0.25) is 0 Å². The number of hydrogen-bond acceptors (Lipinski definition) is 7. The van der Waals surface area contributed by atoms with Crippen LogP contribution in [0.15, 0.2) is 47.6 Å². The zero-order valence-corrected chi connectivity index (χ0v) is 19.3. The van der Waals surface area contributed by atoms with Crippen molar-refractivity contribution in [3.8, 4) is 0 Å². The molecule has 1 fully saturated rings. The topological polar surface area (TPSA) is 87.5 Å². The third-order valence-corrected chi connectivity index (χ3v) is 7.68. The molecular weight excluding hydrogens is 426 g/mol. The van der Waals surface area contributed by atoms with E-state index >= 15 is 0 Å². The molecule has 3 aromatic rings. The predicted octanol–water partition coefficient (Wildman–Crippen LogP) is 1.88. The van der Waals surface area contributed by atoms with E-state index in [9.17, 15) is 8.42 Å². The quantitative estimate of drug-likeness (QED) is 0.604. The molecule has 9 heteroatoms. The number of pyridine rings is 1. The molecule has 0 atom stereocenters. The molecule has 0 spiro atoms. The molecule has 32 heavy (non-hydrogen) atoms. The minimum absolute atomic E-state index is 0.397. The third-order valence-electron chi connectivity index (χ3n) is 5.92. The number of carbonyl (C=O) groups excluding carboxylic acids is 1. The van der Waals surface area contributed by atoms with Crippen molar-refractivity contribution in [2.24, 2.45) is 0 Å². The van der Waals surface area contributed by atoms with Gasteiger partial charge < -0.3 is 19.9 Å². The Hall–Kier alpha value is -2.75. The molecule has 5 rings (SSSR count). The Labute approximate surface area is 188 Å². The van der Waals surface area contributed by atoms with E-state index < -0.39 is 10.0 Å². The lowest BCUT2D eigenvalue weighted by Crippen LogP contribution is -2.43. The maximum Gasteiger partial charge on any atom is 0.268 e. The molecule has 170 valence electrons. The summed E-state index contributed by atoms with van der Waals surface area (Å²) in [6, 6.07) is 9.28. The molecule has 4 heterocycles. The van der Waals surface area contributed by atoms with E-state index in [0.717, 1.165) is 67.8 Å². The van der Waals surface area contributed by atoms with Crippen molar-refractivity contribution in [3.63, 3.8) is 0 Å². The summed E-state index contributed by atoms with van der Waals surface area (Å²) in [5.41, 5.74) is 4.28. The summed E-state index contributed by atoms with van der Waals surface area (Å²) < 4.78 is 29.0. The van der Waals surface area contributed by atoms with Crippen LogP contribution in [-0.4, -0.2) is 68.3 Å². The highest BCUT2D eigenvalue weighted by molar-refractivity contribution is 7.90. The summed E-state index contributed by atoms with van der Waals surface area (Å²) in [6.07, 6.45) is 5.10. The Kier molecular flexibility index (Phi) is 6.59. The second-order valence-corrected chi connectivity index (χ2v) is 9.82. The largest absolute Gasteiger partial charge is 0.366 e. The van der Waals surface area contributed by atoms with E-state index in [2.05, 4.69) is 20.1 Å². The first-order valence-corrected chi connectivity index (χ1v) is 12.3. The van der Waals surface area contributed by atoms with Crippen molar-refractivity contribution in [1.82, 2.24) is 19.2 Å². The van der Waals surface area contributed by atoms with Crippen molar-refractivity contribution >= 4 is 33.0 Å². The van der Waals surface area contributed by atoms with Crippen LogP contribution in [0, 0.1) is 0 Å². The first kappa shape index (κ1) is 22.4. The maximum atomic E-state index is 13.8. The minimum atomic E-state index is -3.74. The standard InChI is InChI=1S/C21H25N5O2S.C2H4O/c1-24-11-7-16-4-2-6-20(17(16)14-24)29(27,28)26-15-19(25-12-9-22-10-13-25)21-18(26)5-3-8-23-21;1-2-3/h2-6,8,15,22H,7,9-14H2,1H3;2H,1H3. The van der Waals surface area contributed by atoms with Crippen molar-refractivity contribution < 1.29 is 13.2 Å². The Morgan fingerprint density at radius 2 is 1.84 bits per heavy atom. The van der Waals surface area contributed by atoms with Gasteiger partial charge in [-0.1, -0.05) is 12.1 Å². The summed E-state index contributed by atoms with van der Waals surface area (Å²) in [5.74, 6) is 0. The SMILES string of the molecule is CC=O.CN1CCc2cccc(S(=O)(=O)n3cc(N4CCNCC4)c4ncccc43)c2C1. The van der Waals surface area contributed by atoms with Crippen molar-refractivity contribution in [2.45, 2.75) is 24.8 Å². The predicted molar refractivity (Wildman–Crippen MR) is 126 cm³/mol. The second kappa shape index (κ2) is 9.40. The van der Waals surface area contributed by atoms with Gasteiger partial charge in [-0.3, -0.25) is 4.98 Å². The van der Waals surface area contributed by atoms with Crippen LogP contribution >= 0.6 is 0 Å². The summed E-state index contributed by atoms with van der Waals surface area (Å²) in [6.45, 7) is 6.46. The molecule has 8 nitrogen and oxygen atoms in total. The van der Waals surface area contributed by atoms with E-state index in [4.69, 9.17) is 4.79 Å². The van der Waals surface area contributed by atoms with Crippen LogP contribution in [0.5, 0.6) is 0 Å². The first-order chi connectivity index (χ1) is 15.5. The number of benzene rings is 1. The molecule has 0 aliphatic carbocycles. The van der Waals surface area contributed by atoms with Gasteiger partial charge in [0.15, 0.2) is 0 Å². The number of carbonyl (C=O) groups is 1. The number of anilines is 1. The van der Waals surface area contributed by atoms with E-state index in [0.29, 0.717) is 17.0 Å². The van der Waals surface area contributed by atoms with Gasteiger partial charge in [0.1, 0.15) is 11.8 Å². The zero-order valence-electron chi connectivity index (χ0n) is 18.5. The zero-order chi connectivity index (χ0) is 22.7. The number of aldehydes is 1. The fourth-order valence-corrected chi connectivity index (χ4v) is 6.00. The number of aromatic nitrogens is 2. The van der Waals surface area contributed by atoms with Gasteiger partial charge in [0.05, 0.1) is 16.1 Å². The van der Waals surface area contributed by atoms with Gasteiger partial charge in [0.25, 0.3) is 10.0 Å². The van der Waals surface area contributed by atoms with Crippen LogP contribution in [0.3, 0.4) is 0 Å². The lowest BCUT2D eigenvalue weighted by molar-refractivity contribution is -0.106. The van der Waals surface area contributed by atoms with Crippen LogP contribution in [0.1, 0.15) is 18.1 Å². The summed E-state index contributed by atoms with van der Waals surface area (Å²) in [5, 5.41) is 3.34. The number of likely N-dealkylation sites (N-methyl/N-ethyl adjacent to an activating group) is 1. The number of rotatable bonds is 3. The smallest absolute Gasteiger partial charge is 0.268 e. The van der Waals surface area contributed by atoms with E-state index in [1.807, 2.05) is 25.2 Å². The molecule has 0 radical (unpaired) electrons. The Balaban J connectivity index is 0.000000775. The van der Waals surface area contributed by atoms with Gasteiger partial charge in [0, 0.05) is 51.7 Å². The highest BCUT2D eigenvalue weighted by atomic mass is 32.2. The first-order valence-electron chi connectivity index (χ1n) is 10.8. The van der Waals surface area contributed by atoms with Crippen LogP contribution in [0.4, 0.5) is 5.69 Å². The number of fused-ring (bicyclic) bond motifs is 2. The van der Waals surface area contributed by atoms with Gasteiger partial charge >= 0.3 is 0 Å². The lowest BCUT2D eigenvalue weighted by atomic mass is 10.0. The van der Waals surface area contributed by atoms with Gasteiger partial charge in [-0.2, -0.15) is 0 Å². The van der Waals surface area contributed by atoms with Crippen molar-refractivity contribution in [2.75, 3.05) is 44.7 Å². The van der Waals surface area contributed by atoms with E-state index in [-0.39, 0.29) is 0 Å². The number of nitrogens with zero attached hydrogens (tertiary/aromatic N) is 4. The molecule has 0 saturated carbocycles. The minimum Gasteiger partial charge on any atom is -0.366 e. The van der Waals surface area contributed by atoms with Crippen LogP contribution < -0.4 is 10.2 Å². The highest BCUT2D eigenvalue weighted by Crippen LogP contribution is 2.33. The molecule has 1 N–H and O–H groups in total. The van der Waals surface area contributed by atoms with Crippen molar-refractivity contribution in [3.05, 3.63) is 53.9 Å². The van der Waals surface area contributed by atoms with Crippen LogP contribution in [0.2, 0.25) is 0 Å². The normalized spacial score (nSPS) is 16.9. The van der Waals surface area contributed by atoms with Crippen LogP contribution in [-0.2, 0) is 27.8 Å². The number of hydrogen-bond donors (Lipinski definition) is 1. The monoisotopic (exact) mass is 455 g/mol. The average molecular weight is 456 g/mol. The molecule has 1 aromatic carbocycles. The highest BCUT2D eigenvalue weighted by Gasteiger charge is 2.29. The van der Waals surface area contributed by atoms with Gasteiger partial charge in [-0.25, -0.2) is 12.4 Å². The molecule has 0 bridgehead atoms. The lowest BCUT2D eigenvalue weighted by Gasteiger charge is -2.28. The molecule has 0 unspecified atom stereocenters. The third kappa shape index (κ3) is 4.15. The fraction of sp³-hybridized carbons (Fsp3) is 0.391. The van der Waals surface area contributed by atoms with Crippen LogP contribution in [0.25, 0.3) is 11.0 Å². The molecule has 2 aliphatic rings. The van der Waals surface area contributed by atoms with E-state index in [1.165, 1.54) is 10.9 Å². The molecule has 0 amide bonds. The summed E-state index contributed by atoms with van der Waals surface area (Å²) in [4.78, 5) is 18.1. The second-order valence-electron chi connectivity index (χ2n) is 8.04. The van der Waals surface area contributed by atoms with Crippen molar-refractivity contribution in [1.29, 1.82) is 0 Å². The average Bonchev–Trinajstić information content (AvgIpc) is 3.20. The Morgan fingerprint density at radius 1 is 1.09 bits per heavy atom. The molecule has 1 saturated heterocycles. The molecular formula is C23H29N5O3S. The summed E-state index contributed by atoms with van der Waals surface area (Å²) in [7, 11) is -1.71. The fourth-order valence-electron chi connectivity index (χ4n) is 4.38. The Bertz CT molecular complexity index is 1220. The maximum absolute atomic E-state index is 13.8. The van der Waals surface area contributed by atoms with Gasteiger partial charge in [-0.05, 0) is 49.7 Å². The molecule has 2 aromatic heterocycles. The molecule has 2 aliphatic heterocycles. The van der Waals surface area contributed by atoms with Gasteiger partial charge in [-0.15, -0.1) is 0 Å². The Morgan fingerprint density at radius 3 is 2.59 bits per heavy atom. The number of piperazine rings is 1. The summed E-state index contributed by atoms with van der Waals surface area (Å²) >= 11 is 0.